The number of hydrogen-bond acceptors (Lipinski definition) is 3. The third-order valence-corrected chi connectivity index (χ3v) is 6.16. The molecule has 0 fully saturated rings. The number of hydrogen-bond donors (Lipinski definition) is 1. The highest BCUT2D eigenvalue weighted by atomic mass is 16.5. The third-order valence-electron chi connectivity index (χ3n) is 6.16. The quantitative estimate of drug-likeness (QED) is 0.702. The lowest BCUT2D eigenvalue weighted by Gasteiger charge is -2.19. The predicted molar refractivity (Wildman–Crippen MR) is 110 cm³/mol. The molecular formula is C25H22O4. The molecule has 3 aromatic carbocycles. The molecule has 0 amide bonds. The highest BCUT2D eigenvalue weighted by molar-refractivity contribution is 5.75. The van der Waals surface area contributed by atoms with Crippen molar-refractivity contribution in [2.75, 3.05) is 7.11 Å². The molecule has 0 saturated carbocycles. The van der Waals surface area contributed by atoms with Crippen LogP contribution in [0.5, 0.6) is 11.5 Å². The van der Waals surface area contributed by atoms with Crippen LogP contribution in [0, 0.1) is 5.92 Å². The first kappa shape index (κ1) is 17.8. The van der Waals surface area contributed by atoms with Crippen molar-refractivity contribution in [3.63, 3.8) is 0 Å². The summed E-state index contributed by atoms with van der Waals surface area (Å²) >= 11 is 0. The first-order chi connectivity index (χ1) is 14.1. The minimum atomic E-state index is -0.756. The second-order valence-corrected chi connectivity index (χ2v) is 7.78. The molecule has 0 saturated heterocycles. The van der Waals surface area contributed by atoms with E-state index in [0.29, 0.717) is 6.42 Å². The van der Waals surface area contributed by atoms with E-state index < -0.39 is 11.9 Å². The first-order valence-electron chi connectivity index (χ1n) is 9.88. The molecule has 4 heteroatoms. The van der Waals surface area contributed by atoms with E-state index in [1.165, 1.54) is 5.56 Å². The highest BCUT2D eigenvalue weighted by Gasteiger charge is 2.39. The lowest BCUT2D eigenvalue weighted by molar-refractivity contribution is -0.141. The van der Waals surface area contributed by atoms with Crippen LogP contribution >= 0.6 is 0 Å². The Morgan fingerprint density at radius 2 is 1.72 bits per heavy atom. The summed E-state index contributed by atoms with van der Waals surface area (Å²) in [4.78, 5) is 12.0. The van der Waals surface area contributed by atoms with Crippen LogP contribution in [0.15, 0.2) is 66.7 Å². The molecule has 1 aliphatic carbocycles. The molecular weight excluding hydrogens is 364 g/mol. The lowest BCUT2D eigenvalue weighted by atomic mass is 9.85. The molecule has 4 nitrogen and oxygen atoms in total. The number of carboxylic acids is 1. The van der Waals surface area contributed by atoms with E-state index in [9.17, 15) is 9.90 Å². The summed E-state index contributed by atoms with van der Waals surface area (Å²) in [6.45, 7) is 0. The van der Waals surface area contributed by atoms with Gasteiger partial charge in [0.1, 0.15) is 17.6 Å². The number of benzene rings is 3. The van der Waals surface area contributed by atoms with Crippen molar-refractivity contribution < 1.29 is 19.4 Å². The van der Waals surface area contributed by atoms with E-state index in [1.807, 2.05) is 42.5 Å². The molecule has 1 heterocycles. The second kappa shape index (κ2) is 6.96. The van der Waals surface area contributed by atoms with Crippen LogP contribution in [0.3, 0.4) is 0 Å². The maximum atomic E-state index is 12.0. The van der Waals surface area contributed by atoms with Crippen molar-refractivity contribution >= 4 is 5.97 Å². The average Bonchev–Trinajstić information content (AvgIpc) is 3.35. The van der Waals surface area contributed by atoms with E-state index in [0.717, 1.165) is 40.2 Å². The van der Waals surface area contributed by atoms with Gasteiger partial charge in [0, 0.05) is 12.3 Å². The largest absolute Gasteiger partial charge is 0.497 e. The van der Waals surface area contributed by atoms with Gasteiger partial charge in [-0.3, -0.25) is 4.79 Å². The van der Waals surface area contributed by atoms with E-state index in [-0.39, 0.29) is 12.0 Å². The summed E-state index contributed by atoms with van der Waals surface area (Å²) in [5, 5.41) is 9.87. The Kier molecular flexibility index (Phi) is 4.27. The van der Waals surface area contributed by atoms with E-state index in [1.54, 1.807) is 7.11 Å². The molecule has 3 aromatic rings. The number of fused-ring (bicyclic) bond motifs is 2. The Morgan fingerprint density at radius 3 is 2.45 bits per heavy atom. The average molecular weight is 386 g/mol. The van der Waals surface area contributed by atoms with Gasteiger partial charge in [-0.05, 0) is 52.4 Å². The van der Waals surface area contributed by atoms with Crippen molar-refractivity contribution in [2.45, 2.75) is 24.9 Å². The summed E-state index contributed by atoms with van der Waals surface area (Å²) in [7, 11) is 1.63. The van der Waals surface area contributed by atoms with Gasteiger partial charge in [0.25, 0.3) is 0 Å². The van der Waals surface area contributed by atoms with Gasteiger partial charge >= 0.3 is 5.97 Å². The summed E-state index contributed by atoms with van der Waals surface area (Å²) in [6.07, 6.45) is 1.36. The molecule has 0 spiro atoms. The molecule has 0 bridgehead atoms. The molecule has 2 aliphatic rings. The Morgan fingerprint density at radius 1 is 0.966 bits per heavy atom. The predicted octanol–water partition coefficient (Wildman–Crippen LogP) is 4.76. The van der Waals surface area contributed by atoms with Gasteiger partial charge in [0.15, 0.2) is 0 Å². The van der Waals surface area contributed by atoms with Crippen molar-refractivity contribution in [1.29, 1.82) is 0 Å². The van der Waals surface area contributed by atoms with Crippen molar-refractivity contribution in [3.8, 4) is 11.5 Å². The molecule has 146 valence electrons. The maximum absolute atomic E-state index is 12.0. The SMILES string of the molecule is COc1ccc(C2c3cc(C4Cc5ccccc5O4)ccc3CC2C(=O)O)cc1. The summed E-state index contributed by atoms with van der Waals surface area (Å²) in [5.74, 6) is 0.318. The standard InChI is InChI=1S/C25H22O4/c1-28-19-10-8-15(9-11-19)24-20-13-18(7-6-16(20)12-21(24)25(26)27)23-14-17-4-2-3-5-22(17)29-23/h2-11,13,21,23-24H,12,14H2,1H3,(H,26,27). The highest BCUT2D eigenvalue weighted by Crippen LogP contribution is 2.45. The number of rotatable bonds is 4. The van der Waals surface area contributed by atoms with E-state index in [4.69, 9.17) is 9.47 Å². The first-order valence-corrected chi connectivity index (χ1v) is 9.88. The van der Waals surface area contributed by atoms with Crippen molar-refractivity contribution in [3.05, 3.63) is 94.5 Å². The number of para-hydroxylation sites is 1. The van der Waals surface area contributed by atoms with Crippen molar-refractivity contribution in [1.82, 2.24) is 0 Å². The second-order valence-electron chi connectivity index (χ2n) is 7.78. The van der Waals surface area contributed by atoms with E-state index >= 15 is 0 Å². The fourth-order valence-corrected chi connectivity index (χ4v) is 4.68. The van der Waals surface area contributed by atoms with Gasteiger partial charge in [-0.15, -0.1) is 0 Å². The zero-order valence-corrected chi connectivity index (χ0v) is 16.2. The van der Waals surface area contributed by atoms with Gasteiger partial charge in [-0.1, -0.05) is 48.5 Å². The number of carbonyl (C=O) groups is 1. The van der Waals surface area contributed by atoms with Crippen LogP contribution < -0.4 is 9.47 Å². The molecule has 5 rings (SSSR count). The fraction of sp³-hybridized carbons (Fsp3) is 0.240. The Balaban J connectivity index is 1.52. The Labute approximate surface area is 169 Å². The van der Waals surface area contributed by atoms with Gasteiger partial charge in [0.2, 0.25) is 0 Å². The molecule has 29 heavy (non-hydrogen) atoms. The van der Waals surface area contributed by atoms with Crippen LogP contribution in [-0.4, -0.2) is 18.2 Å². The zero-order valence-electron chi connectivity index (χ0n) is 16.2. The van der Waals surface area contributed by atoms with Gasteiger partial charge in [0.05, 0.1) is 13.0 Å². The topological polar surface area (TPSA) is 55.8 Å². The van der Waals surface area contributed by atoms with Crippen LogP contribution in [0.25, 0.3) is 0 Å². The van der Waals surface area contributed by atoms with E-state index in [2.05, 4.69) is 24.3 Å². The zero-order chi connectivity index (χ0) is 20.0. The Bertz CT molecular complexity index is 1050. The van der Waals surface area contributed by atoms with Gasteiger partial charge < -0.3 is 14.6 Å². The Hall–Kier alpha value is -3.27. The van der Waals surface area contributed by atoms with Crippen LogP contribution in [-0.2, 0) is 17.6 Å². The van der Waals surface area contributed by atoms with Crippen LogP contribution in [0.1, 0.15) is 39.8 Å². The lowest BCUT2D eigenvalue weighted by Crippen LogP contribution is -2.19. The minimum Gasteiger partial charge on any atom is -0.497 e. The summed E-state index contributed by atoms with van der Waals surface area (Å²) < 4.78 is 11.4. The summed E-state index contributed by atoms with van der Waals surface area (Å²) in [5.41, 5.74) is 5.53. The molecule has 3 unspecified atom stereocenters. The van der Waals surface area contributed by atoms with Crippen LogP contribution in [0.2, 0.25) is 0 Å². The van der Waals surface area contributed by atoms with Crippen LogP contribution in [0.4, 0.5) is 0 Å². The number of methoxy groups -OCH3 is 1. The number of carboxylic acid groups (broad SMARTS) is 1. The van der Waals surface area contributed by atoms with Crippen molar-refractivity contribution in [2.24, 2.45) is 5.92 Å². The smallest absolute Gasteiger partial charge is 0.307 e. The molecule has 3 atom stereocenters. The molecule has 0 aromatic heterocycles. The third kappa shape index (κ3) is 3.05. The molecule has 0 radical (unpaired) electrons. The van der Waals surface area contributed by atoms with Gasteiger partial charge in [-0.25, -0.2) is 0 Å². The number of ether oxygens (including phenoxy) is 2. The summed E-state index contributed by atoms with van der Waals surface area (Å²) in [6, 6.07) is 22.2. The normalized spacial score (nSPS) is 21.9. The monoisotopic (exact) mass is 386 g/mol. The molecule has 1 N–H and O–H groups in total. The number of aliphatic carboxylic acids is 1. The minimum absolute atomic E-state index is 0.0295. The molecule has 1 aliphatic heterocycles. The van der Waals surface area contributed by atoms with Gasteiger partial charge in [-0.2, -0.15) is 0 Å². The fourth-order valence-electron chi connectivity index (χ4n) is 4.68. The maximum Gasteiger partial charge on any atom is 0.307 e.